The van der Waals surface area contributed by atoms with Gasteiger partial charge in [0.15, 0.2) is 0 Å². The molecular formula is C19H24N2O2. The van der Waals surface area contributed by atoms with Crippen molar-refractivity contribution in [1.82, 2.24) is 10.5 Å². The average Bonchev–Trinajstić information content (AvgIpc) is 3.01. The molecule has 23 heavy (non-hydrogen) atoms. The monoisotopic (exact) mass is 312 g/mol. The number of aryl methyl sites for hydroxylation is 3. The zero-order chi connectivity index (χ0) is 16.2. The van der Waals surface area contributed by atoms with Gasteiger partial charge < -0.3 is 9.84 Å². The molecule has 1 atom stereocenters. The second-order valence-electron chi connectivity index (χ2n) is 6.16. The van der Waals surface area contributed by atoms with Crippen molar-refractivity contribution in [2.75, 3.05) is 0 Å². The topological polar surface area (TPSA) is 55.1 Å². The van der Waals surface area contributed by atoms with Gasteiger partial charge in [0.25, 0.3) is 0 Å². The van der Waals surface area contributed by atoms with Crippen molar-refractivity contribution in [2.24, 2.45) is 5.92 Å². The number of carbonyl (C=O) groups excluding carboxylic acids is 1. The van der Waals surface area contributed by atoms with Crippen LogP contribution in [0.3, 0.4) is 0 Å². The second-order valence-corrected chi connectivity index (χ2v) is 6.16. The normalized spacial score (nSPS) is 16.9. The molecule has 1 aromatic heterocycles. The lowest BCUT2D eigenvalue weighted by Crippen LogP contribution is -2.34. The van der Waals surface area contributed by atoms with Gasteiger partial charge in [0.2, 0.25) is 5.91 Å². The molecule has 1 heterocycles. The molecule has 0 saturated carbocycles. The maximum atomic E-state index is 12.5. The molecule has 0 aliphatic heterocycles. The van der Waals surface area contributed by atoms with E-state index in [9.17, 15) is 4.79 Å². The van der Waals surface area contributed by atoms with E-state index in [4.69, 9.17) is 4.52 Å². The summed E-state index contributed by atoms with van der Waals surface area (Å²) < 4.78 is 5.36. The van der Waals surface area contributed by atoms with Gasteiger partial charge >= 0.3 is 0 Å². The smallest absolute Gasteiger partial charge is 0.223 e. The van der Waals surface area contributed by atoms with Crippen LogP contribution >= 0.6 is 0 Å². The predicted molar refractivity (Wildman–Crippen MR) is 89.1 cm³/mol. The molecule has 1 aliphatic carbocycles. The summed E-state index contributed by atoms with van der Waals surface area (Å²) in [6, 6.07) is 8.43. The van der Waals surface area contributed by atoms with Crippen LogP contribution in [-0.4, -0.2) is 11.1 Å². The lowest BCUT2D eigenvalue weighted by Gasteiger charge is -2.23. The Morgan fingerprint density at radius 3 is 2.78 bits per heavy atom. The first-order valence-electron chi connectivity index (χ1n) is 8.53. The van der Waals surface area contributed by atoms with Crippen LogP contribution in [0.25, 0.3) is 0 Å². The molecule has 2 aromatic rings. The molecule has 122 valence electrons. The number of aromatic nitrogens is 1. The van der Waals surface area contributed by atoms with Crippen LogP contribution in [0.4, 0.5) is 0 Å². The van der Waals surface area contributed by atoms with Gasteiger partial charge in [0.05, 0.1) is 5.69 Å². The van der Waals surface area contributed by atoms with Gasteiger partial charge in [-0.3, -0.25) is 4.79 Å². The highest BCUT2D eigenvalue weighted by molar-refractivity contribution is 5.79. The summed E-state index contributed by atoms with van der Waals surface area (Å²) >= 11 is 0. The van der Waals surface area contributed by atoms with E-state index in [1.807, 2.05) is 6.92 Å². The third-order valence-electron chi connectivity index (χ3n) is 4.76. The molecule has 1 N–H and O–H groups in total. The zero-order valence-electron chi connectivity index (χ0n) is 13.9. The Morgan fingerprint density at radius 1 is 1.26 bits per heavy atom. The molecule has 1 aliphatic rings. The zero-order valence-corrected chi connectivity index (χ0v) is 13.9. The minimum absolute atomic E-state index is 0.0694. The molecule has 3 rings (SSSR count). The Bertz CT molecular complexity index is 669. The van der Waals surface area contributed by atoms with Gasteiger partial charge in [0, 0.05) is 24.4 Å². The van der Waals surface area contributed by atoms with E-state index in [1.165, 1.54) is 11.1 Å². The molecule has 0 fully saturated rings. The van der Waals surface area contributed by atoms with E-state index in [-0.39, 0.29) is 11.8 Å². The summed E-state index contributed by atoms with van der Waals surface area (Å²) in [6.07, 6.45) is 4.38. The van der Waals surface area contributed by atoms with E-state index in [0.29, 0.717) is 6.54 Å². The van der Waals surface area contributed by atoms with Crippen molar-refractivity contribution < 1.29 is 9.32 Å². The van der Waals surface area contributed by atoms with Gasteiger partial charge in [-0.05, 0) is 36.8 Å². The molecule has 0 bridgehead atoms. The number of rotatable bonds is 5. The highest BCUT2D eigenvalue weighted by Gasteiger charge is 2.25. The SMILES string of the molecule is CCc1noc(CC)c1CNC(=O)C1CCc2ccccc2C1. The first kappa shape index (κ1) is 15.8. The maximum absolute atomic E-state index is 12.5. The summed E-state index contributed by atoms with van der Waals surface area (Å²) in [4.78, 5) is 12.5. The molecule has 1 amide bonds. The Balaban J connectivity index is 1.64. The van der Waals surface area contributed by atoms with E-state index >= 15 is 0 Å². The Labute approximate surface area is 137 Å². The standard InChI is InChI=1S/C19H24N2O2/c1-3-17-16(18(4-2)23-21-17)12-20-19(22)15-10-9-13-7-5-6-8-14(13)11-15/h5-8,15H,3-4,9-12H2,1-2H3,(H,20,22). The Morgan fingerprint density at radius 2 is 2.04 bits per heavy atom. The van der Waals surface area contributed by atoms with Gasteiger partial charge in [-0.2, -0.15) is 0 Å². The third-order valence-corrected chi connectivity index (χ3v) is 4.76. The number of benzene rings is 1. The number of nitrogens with one attached hydrogen (secondary N) is 1. The quantitative estimate of drug-likeness (QED) is 0.922. The number of fused-ring (bicyclic) bond motifs is 1. The van der Waals surface area contributed by atoms with E-state index in [2.05, 4.69) is 41.7 Å². The van der Waals surface area contributed by atoms with Gasteiger partial charge in [-0.25, -0.2) is 0 Å². The van der Waals surface area contributed by atoms with Crippen LogP contribution in [0.2, 0.25) is 0 Å². The Hall–Kier alpha value is -2.10. The van der Waals surface area contributed by atoms with Crippen molar-refractivity contribution >= 4 is 5.91 Å². The highest BCUT2D eigenvalue weighted by atomic mass is 16.5. The lowest BCUT2D eigenvalue weighted by atomic mass is 9.83. The van der Waals surface area contributed by atoms with Crippen LogP contribution in [-0.2, 0) is 37.0 Å². The van der Waals surface area contributed by atoms with Crippen molar-refractivity contribution in [3.8, 4) is 0 Å². The maximum Gasteiger partial charge on any atom is 0.223 e. The summed E-state index contributed by atoms with van der Waals surface area (Å²) in [7, 11) is 0. The van der Waals surface area contributed by atoms with Crippen LogP contribution in [0.5, 0.6) is 0 Å². The van der Waals surface area contributed by atoms with Gasteiger partial charge in [-0.1, -0.05) is 43.3 Å². The fraction of sp³-hybridized carbons (Fsp3) is 0.474. The molecule has 0 saturated heterocycles. The highest BCUT2D eigenvalue weighted by Crippen LogP contribution is 2.25. The van der Waals surface area contributed by atoms with E-state index in [1.54, 1.807) is 0 Å². The molecule has 0 radical (unpaired) electrons. The number of hydrogen-bond donors (Lipinski definition) is 1. The summed E-state index contributed by atoms with van der Waals surface area (Å²) in [6.45, 7) is 4.62. The fourth-order valence-corrected chi connectivity index (χ4v) is 3.38. The van der Waals surface area contributed by atoms with Gasteiger partial charge in [-0.15, -0.1) is 0 Å². The summed E-state index contributed by atoms with van der Waals surface area (Å²) in [5.74, 6) is 1.10. The minimum atomic E-state index is 0.0694. The molecule has 1 aromatic carbocycles. The molecular weight excluding hydrogens is 288 g/mol. The largest absolute Gasteiger partial charge is 0.361 e. The molecule has 4 heteroatoms. The van der Waals surface area contributed by atoms with Crippen molar-refractivity contribution in [1.29, 1.82) is 0 Å². The number of hydrogen-bond acceptors (Lipinski definition) is 3. The van der Waals surface area contributed by atoms with Gasteiger partial charge in [0.1, 0.15) is 5.76 Å². The van der Waals surface area contributed by atoms with E-state index < -0.39 is 0 Å². The average molecular weight is 312 g/mol. The second kappa shape index (κ2) is 6.99. The van der Waals surface area contributed by atoms with E-state index in [0.717, 1.165) is 49.1 Å². The predicted octanol–water partition coefficient (Wildman–Crippen LogP) is 3.22. The summed E-state index contributed by atoms with van der Waals surface area (Å²) in [5, 5.41) is 7.20. The first-order valence-corrected chi connectivity index (χ1v) is 8.53. The fourth-order valence-electron chi connectivity index (χ4n) is 3.38. The van der Waals surface area contributed by atoms with Crippen LogP contribution in [0.15, 0.2) is 28.8 Å². The van der Waals surface area contributed by atoms with Crippen molar-refractivity contribution in [3.63, 3.8) is 0 Å². The van der Waals surface area contributed by atoms with Crippen LogP contribution < -0.4 is 5.32 Å². The van der Waals surface area contributed by atoms with Crippen molar-refractivity contribution in [2.45, 2.75) is 52.5 Å². The Kier molecular flexibility index (Phi) is 4.79. The first-order chi connectivity index (χ1) is 11.2. The molecule has 1 unspecified atom stereocenters. The minimum Gasteiger partial charge on any atom is -0.361 e. The number of nitrogens with zero attached hydrogens (tertiary/aromatic N) is 1. The van der Waals surface area contributed by atoms with Crippen LogP contribution in [0.1, 0.15) is 48.4 Å². The third kappa shape index (κ3) is 3.31. The van der Waals surface area contributed by atoms with Crippen molar-refractivity contribution in [3.05, 3.63) is 52.4 Å². The molecule has 4 nitrogen and oxygen atoms in total. The molecule has 0 spiro atoms. The summed E-state index contributed by atoms with van der Waals surface area (Å²) in [5.41, 5.74) is 4.71. The number of carbonyl (C=O) groups is 1. The lowest BCUT2D eigenvalue weighted by molar-refractivity contribution is -0.125. The number of amides is 1. The van der Waals surface area contributed by atoms with Crippen LogP contribution in [0, 0.1) is 5.92 Å².